The van der Waals surface area contributed by atoms with E-state index in [0.29, 0.717) is 31.2 Å². The Morgan fingerprint density at radius 3 is 2.68 bits per heavy atom. The zero-order chi connectivity index (χ0) is 17.5. The summed E-state index contributed by atoms with van der Waals surface area (Å²) in [4.78, 5) is 14.5. The quantitative estimate of drug-likeness (QED) is 0.734. The molecule has 1 aromatic carbocycles. The van der Waals surface area contributed by atoms with Crippen molar-refractivity contribution in [3.8, 4) is 0 Å². The fourth-order valence-corrected chi connectivity index (χ4v) is 4.18. The van der Waals surface area contributed by atoms with Crippen molar-refractivity contribution in [2.24, 2.45) is 5.92 Å². The summed E-state index contributed by atoms with van der Waals surface area (Å²) in [5.41, 5.74) is 1.31. The molecule has 4 nitrogen and oxygen atoms in total. The van der Waals surface area contributed by atoms with Gasteiger partial charge in [0.1, 0.15) is 0 Å². The second-order valence-electron chi connectivity index (χ2n) is 7.60. The number of carbonyl (C=O) groups excluding carboxylic acids is 1. The fourth-order valence-electron chi connectivity index (χ4n) is 4.18. The molecule has 3 rings (SSSR count). The van der Waals surface area contributed by atoms with Crippen molar-refractivity contribution in [1.29, 1.82) is 0 Å². The third kappa shape index (κ3) is 5.29. The SMILES string of the molecule is CC1CN(CC(=O)NCCCOC2CCCCC2)C1c1ccccc1. The van der Waals surface area contributed by atoms with E-state index in [1.165, 1.54) is 37.7 Å². The summed E-state index contributed by atoms with van der Waals surface area (Å²) in [6.45, 7) is 5.23. The number of nitrogens with zero attached hydrogens (tertiary/aromatic N) is 1. The minimum absolute atomic E-state index is 0.130. The Labute approximate surface area is 151 Å². The Balaban J connectivity index is 1.31. The number of amides is 1. The molecule has 2 aliphatic rings. The predicted molar refractivity (Wildman–Crippen MR) is 100 cm³/mol. The van der Waals surface area contributed by atoms with Gasteiger partial charge in [-0.25, -0.2) is 0 Å². The molecule has 0 radical (unpaired) electrons. The summed E-state index contributed by atoms with van der Waals surface area (Å²) in [5, 5.41) is 3.05. The normalized spacial score (nSPS) is 24.7. The zero-order valence-electron chi connectivity index (χ0n) is 15.5. The maximum Gasteiger partial charge on any atom is 0.234 e. The minimum atomic E-state index is 0.130. The molecule has 1 N–H and O–H groups in total. The first kappa shape index (κ1) is 18.4. The Hall–Kier alpha value is -1.39. The summed E-state index contributed by atoms with van der Waals surface area (Å²) < 4.78 is 5.91. The Kier molecular flexibility index (Phi) is 6.88. The lowest BCUT2D eigenvalue weighted by atomic mass is 9.85. The Bertz CT molecular complexity index is 528. The van der Waals surface area contributed by atoms with Crippen molar-refractivity contribution in [1.82, 2.24) is 10.2 Å². The molecule has 1 saturated heterocycles. The average Bonchev–Trinajstić information content (AvgIpc) is 2.62. The molecule has 2 unspecified atom stereocenters. The van der Waals surface area contributed by atoms with Crippen LogP contribution >= 0.6 is 0 Å². The van der Waals surface area contributed by atoms with Crippen molar-refractivity contribution in [3.63, 3.8) is 0 Å². The predicted octanol–water partition coefficient (Wildman–Crippen LogP) is 3.54. The topological polar surface area (TPSA) is 41.6 Å². The van der Waals surface area contributed by atoms with Crippen molar-refractivity contribution >= 4 is 5.91 Å². The number of hydrogen-bond donors (Lipinski definition) is 1. The molecule has 1 aliphatic heterocycles. The summed E-state index contributed by atoms with van der Waals surface area (Å²) in [6.07, 6.45) is 7.74. The molecule has 138 valence electrons. The van der Waals surface area contributed by atoms with Gasteiger partial charge in [0.2, 0.25) is 5.91 Å². The molecule has 0 bridgehead atoms. The fraction of sp³-hybridized carbons (Fsp3) is 0.667. The van der Waals surface area contributed by atoms with Crippen LogP contribution < -0.4 is 5.32 Å². The van der Waals surface area contributed by atoms with Gasteiger partial charge in [-0.15, -0.1) is 0 Å². The molecule has 1 heterocycles. The van der Waals surface area contributed by atoms with Crippen molar-refractivity contribution in [3.05, 3.63) is 35.9 Å². The molecule has 0 spiro atoms. The van der Waals surface area contributed by atoms with Gasteiger partial charge >= 0.3 is 0 Å². The molecule has 1 aliphatic carbocycles. The largest absolute Gasteiger partial charge is 0.378 e. The number of hydrogen-bond acceptors (Lipinski definition) is 3. The molecule has 1 saturated carbocycles. The van der Waals surface area contributed by atoms with Gasteiger partial charge in [-0.2, -0.15) is 0 Å². The second kappa shape index (κ2) is 9.35. The molecule has 2 atom stereocenters. The lowest BCUT2D eigenvalue weighted by molar-refractivity contribution is -0.125. The first-order valence-corrected chi connectivity index (χ1v) is 9.91. The van der Waals surface area contributed by atoms with Gasteiger partial charge in [-0.1, -0.05) is 56.5 Å². The van der Waals surface area contributed by atoms with E-state index in [9.17, 15) is 4.79 Å². The number of nitrogens with one attached hydrogen (secondary N) is 1. The van der Waals surface area contributed by atoms with E-state index in [4.69, 9.17) is 4.74 Å². The Morgan fingerprint density at radius 1 is 1.20 bits per heavy atom. The van der Waals surface area contributed by atoms with Crippen LogP contribution in [-0.4, -0.2) is 43.2 Å². The van der Waals surface area contributed by atoms with E-state index in [2.05, 4.69) is 41.4 Å². The number of carbonyl (C=O) groups is 1. The van der Waals surface area contributed by atoms with Gasteiger partial charge < -0.3 is 10.1 Å². The van der Waals surface area contributed by atoms with Crippen molar-refractivity contribution in [2.45, 2.75) is 57.6 Å². The summed E-state index contributed by atoms with van der Waals surface area (Å²) in [6, 6.07) is 10.9. The summed E-state index contributed by atoms with van der Waals surface area (Å²) in [5.74, 6) is 0.740. The van der Waals surface area contributed by atoms with Gasteiger partial charge in [0.15, 0.2) is 0 Å². The van der Waals surface area contributed by atoms with Crippen LogP contribution in [0.25, 0.3) is 0 Å². The average molecular weight is 344 g/mol. The molecular formula is C21H32N2O2. The zero-order valence-corrected chi connectivity index (χ0v) is 15.5. The van der Waals surface area contributed by atoms with Crippen molar-refractivity contribution < 1.29 is 9.53 Å². The maximum atomic E-state index is 12.2. The Morgan fingerprint density at radius 2 is 1.96 bits per heavy atom. The van der Waals surface area contributed by atoms with Crippen LogP contribution in [-0.2, 0) is 9.53 Å². The van der Waals surface area contributed by atoms with E-state index in [1.54, 1.807) is 0 Å². The van der Waals surface area contributed by atoms with E-state index >= 15 is 0 Å². The molecule has 2 fully saturated rings. The van der Waals surface area contributed by atoms with E-state index < -0.39 is 0 Å². The van der Waals surface area contributed by atoms with Gasteiger partial charge in [0.25, 0.3) is 0 Å². The van der Waals surface area contributed by atoms with Gasteiger partial charge in [0, 0.05) is 25.7 Å². The molecule has 25 heavy (non-hydrogen) atoms. The van der Waals surface area contributed by atoms with Gasteiger partial charge in [-0.3, -0.25) is 9.69 Å². The standard InChI is InChI=1S/C21H32N2O2/c1-17-15-23(21(17)18-9-4-2-5-10-18)16-20(24)22-13-8-14-25-19-11-6-3-7-12-19/h2,4-5,9-10,17,19,21H,3,6-8,11-16H2,1H3,(H,22,24). The highest BCUT2D eigenvalue weighted by Crippen LogP contribution is 2.37. The second-order valence-corrected chi connectivity index (χ2v) is 7.60. The van der Waals surface area contributed by atoms with Gasteiger partial charge in [0.05, 0.1) is 12.6 Å². The highest BCUT2D eigenvalue weighted by atomic mass is 16.5. The first-order chi connectivity index (χ1) is 12.2. The first-order valence-electron chi connectivity index (χ1n) is 9.91. The monoisotopic (exact) mass is 344 g/mol. The van der Waals surface area contributed by atoms with Crippen LogP contribution in [0.4, 0.5) is 0 Å². The maximum absolute atomic E-state index is 12.2. The van der Waals surface area contributed by atoms with Gasteiger partial charge in [-0.05, 0) is 30.7 Å². The molecule has 0 aromatic heterocycles. The summed E-state index contributed by atoms with van der Waals surface area (Å²) in [7, 11) is 0. The van der Waals surface area contributed by atoms with E-state index in [0.717, 1.165) is 19.6 Å². The van der Waals surface area contributed by atoms with Crippen LogP contribution in [0, 0.1) is 5.92 Å². The molecular weight excluding hydrogens is 312 g/mol. The number of likely N-dealkylation sites (tertiary alicyclic amines) is 1. The molecule has 1 amide bonds. The van der Waals surface area contributed by atoms with Crippen LogP contribution in [0.15, 0.2) is 30.3 Å². The van der Waals surface area contributed by atoms with E-state index in [1.807, 2.05) is 6.07 Å². The van der Waals surface area contributed by atoms with Crippen LogP contribution in [0.2, 0.25) is 0 Å². The smallest absolute Gasteiger partial charge is 0.234 e. The van der Waals surface area contributed by atoms with Crippen LogP contribution in [0.3, 0.4) is 0 Å². The molecule has 4 heteroatoms. The number of rotatable bonds is 8. The molecule has 1 aromatic rings. The van der Waals surface area contributed by atoms with E-state index in [-0.39, 0.29) is 5.91 Å². The van der Waals surface area contributed by atoms with Crippen molar-refractivity contribution in [2.75, 3.05) is 26.2 Å². The third-order valence-corrected chi connectivity index (χ3v) is 5.49. The lowest BCUT2D eigenvalue weighted by Gasteiger charge is -2.46. The lowest BCUT2D eigenvalue weighted by Crippen LogP contribution is -2.52. The summed E-state index contributed by atoms with van der Waals surface area (Å²) >= 11 is 0. The highest BCUT2D eigenvalue weighted by Gasteiger charge is 2.37. The minimum Gasteiger partial charge on any atom is -0.378 e. The number of ether oxygens (including phenoxy) is 1. The third-order valence-electron chi connectivity index (χ3n) is 5.49. The van der Waals surface area contributed by atoms with Crippen LogP contribution in [0.1, 0.15) is 57.1 Å². The number of benzene rings is 1. The highest BCUT2D eigenvalue weighted by molar-refractivity contribution is 5.78. The van der Waals surface area contributed by atoms with Crippen LogP contribution in [0.5, 0.6) is 0 Å².